The van der Waals surface area contributed by atoms with E-state index in [0.717, 1.165) is 16.8 Å². The fourth-order valence-corrected chi connectivity index (χ4v) is 3.28. The maximum Gasteiger partial charge on any atom is 0.319 e. The first-order valence-corrected chi connectivity index (χ1v) is 9.09. The highest BCUT2D eigenvalue weighted by atomic mass is 16.5. The van der Waals surface area contributed by atoms with Gasteiger partial charge in [0.15, 0.2) is 11.5 Å². The van der Waals surface area contributed by atoms with Gasteiger partial charge in [0.2, 0.25) is 5.91 Å². The number of amides is 3. The van der Waals surface area contributed by atoms with Gasteiger partial charge in [-0.3, -0.25) is 4.79 Å². The molecule has 0 spiro atoms. The van der Waals surface area contributed by atoms with E-state index in [4.69, 9.17) is 9.47 Å². The molecule has 2 aromatic rings. The SMILES string of the molecule is COc1ccc(N2C[C@H](NC(=O)Nc3cccc(C)c3C)CC2=O)cc1OC. The number of urea groups is 1. The van der Waals surface area contributed by atoms with E-state index in [1.807, 2.05) is 32.0 Å². The van der Waals surface area contributed by atoms with E-state index in [0.29, 0.717) is 23.7 Å². The van der Waals surface area contributed by atoms with Gasteiger partial charge in [0.1, 0.15) is 0 Å². The Kier molecular flexibility index (Phi) is 5.73. The number of carbonyl (C=O) groups excluding carboxylic acids is 2. The van der Waals surface area contributed by atoms with Crippen molar-refractivity contribution in [3.05, 3.63) is 47.5 Å². The lowest BCUT2D eigenvalue weighted by Gasteiger charge is -2.19. The molecule has 1 aliphatic rings. The molecule has 0 aliphatic carbocycles. The fraction of sp³-hybridized carbons (Fsp3) is 0.333. The third-order valence-electron chi connectivity index (χ3n) is 4.99. The average Bonchev–Trinajstić information content (AvgIpc) is 3.04. The van der Waals surface area contributed by atoms with Crippen molar-refractivity contribution in [2.45, 2.75) is 26.3 Å². The number of carbonyl (C=O) groups is 2. The highest BCUT2D eigenvalue weighted by Crippen LogP contribution is 2.33. The van der Waals surface area contributed by atoms with Gasteiger partial charge in [-0.05, 0) is 43.2 Å². The summed E-state index contributed by atoms with van der Waals surface area (Å²) in [7, 11) is 3.11. The first-order chi connectivity index (χ1) is 13.4. The van der Waals surface area contributed by atoms with Crippen molar-refractivity contribution in [2.24, 2.45) is 0 Å². The van der Waals surface area contributed by atoms with Crippen LogP contribution in [0.2, 0.25) is 0 Å². The van der Waals surface area contributed by atoms with E-state index in [1.165, 1.54) is 0 Å². The first-order valence-electron chi connectivity index (χ1n) is 9.09. The molecule has 3 rings (SSSR count). The summed E-state index contributed by atoms with van der Waals surface area (Å²) in [5, 5.41) is 5.75. The van der Waals surface area contributed by atoms with Crippen LogP contribution >= 0.6 is 0 Å². The van der Waals surface area contributed by atoms with Gasteiger partial charge in [0.05, 0.1) is 20.3 Å². The Hall–Kier alpha value is -3.22. The van der Waals surface area contributed by atoms with Gasteiger partial charge in [-0.25, -0.2) is 4.79 Å². The molecule has 2 N–H and O–H groups in total. The summed E-state index contributed by atoms with van der Waals surface area (Å²) in [4.78, 5) is 26.5. The van der Waals surface area contributed by atoms with Crippen LogP contribution in [0.1, 0.15) is 17.5 Å². The molecule has 148 valence electrons. The van der Waals surface area contributed by atoms with Crippen LogP contribution in [0.15, 0.2) is 36.4 Å². The monoisotopic (exact) mass is 383 g/mol. The molecule has 0 saturated carbocycles. The molecule has 1 aliphatic heterocycles. The molecule has 28 heavy (non-hydrogen) atoms. The molecule has 0 unspecified atom stereocenters. The largest absolute Gasteiger partial charge is 0.493 e. The Bertz CT molecular complexity index is 897. The van der Waals surface area contributed by atoms with E-state index in [9.17, 15) is 9.59 Å². The van der Waals surface area contributed by atoms with E-state index in [2.05, 4.69) is 10.6 Å². The Morgan fingerprint density at radius 3 is 2.57 bits per heavy atom. The fourth-order valence-electron chi connectivity index (χ4n) is 3.28. The topological polar surface area (TPSA) is 79.9 Å². The number of anilines is 2. The van der Waals surface area contributed by atoms with E-state index >= 15 is 0 Å². The van der Waals surface area contributed by atoms with Gasteiger partial charge in [0, 0.05) is 30.4 Å². The number of aryl methyl sites for hydroxylation is 1. The summed E-state index contributed by atoms with van der Waals surface area (Å²) < 4.78 is 10.5. The number of ether oxygens (including phenoxy) is 2. The third-order valence-corrected chi connectivity index (χ3v) is 4.99. The zero-order valence-corrected chi connectivity index (χ0v) is 16.5. The summed E-state index contributed by atoms with van der Waals surface area (Å²) in [6.07, 6.45) is 0.245. The Balaban J connectivity index is 1.66. The molecule has 1 saturated heterocycles. The molecule has 7 nitrogen and oxygen atoms in total. The highest BCUT2D eigenvalue weighted by Gasteiger charge is 2.32. The first kappa shape index (κ1) is 19.5. The molecule has 1 atom stereocenters. The summed E-state index contributed by atoms with van der Waals surface area (Å²) in [6, 6.07) is 10.5. The predicted molar refractivity (Wildman–Crippen MR) is 108 cm³/mol. The van der Waals surface area contributed by atoms with Crippen molar-refractivity contribution in [1.82, 2.24) is 5.32 Å². The van der Waals surface area contributed by atoms with Gasteiger partial charge >= 0.3 is 6.03 Å². The summed E-state index contributed by atoms with van der Waals surface area (Å²) in [5.41, 5.74) is 3.60. The van der Waals surface area contributed by atoms with E-state index < -0.39 is 0 Å². The Labute approximate surface area is 164 Å². The van der Waals surface area contributed by atoms with E-state index in [1.54, 1.807) is 37.3 Å². The predicted octanol–water partition coefficient (Wildman–Crippen LogP) is 3.25. The van der Waals surface area contributed by atoms with E-state index in [-0.39, 0.29) is 24.4 Å². The minimum absolute atomic E-state index is 0.0516. The van der Waals surface area contributed by atoms with Crippen LogP contribution < -0.4 is 25.0 Å². The molecule has 0 bridgehead atoms. The second-order valence-electron chi connectivity index (χ2n) is 6.79. The van der Waals surface area contributed by atoms with Gasteiger partial charge in [-0.15, -0.1) is 0 Å². The van der Waals surface area contributed by atoms with Crippen molar-refractivity contribution >= 4 is 23.3 Å². The molecule has 2 aromatic carbocycles. The maximum absolute atomic E-state index is 12.5. The lowest BCUT2D eigenvalue weighted by molar-refractivity contribution is -0.117. The zero-order valence-electron chi connectivity index (χ0n) is 16.5. The van der Waals surface area contributed by atoms with Crippen LogP contribution in [-0.2, 0) is 4.79 Å². The van der Waals surface area contributed by atoms with Crippen molar-refractivity contribution in [3.8, 4) is 11.5 Å². The van der Waals surface area contributed by atoms with Gasteiger partial charge in [-0.2, -0.15) is 0 Å². The Morgan fingerprint density at radius 2 is 1.86 bits per heavy atom. The van der Waals surface area contributed by atoms with Crippen LogP contribution in [0.25, 0.3) is 0 Å². The summed E-state index contributed by atoms with van der Waals surface area (Å²) in [6.45, 7) is 4.35. The molecule has 0 aromatic heterocycles. The van der Waals surface area contributed by atoms with Gasteiger partial charge < -0.3 is 25.0 Å². The molecule has 1 fully saturated rings. The number of methoxy groups -OCH3 is 2. The minimum atomic E-state index is -0.319. The van der Waals surface area contributed by atoms with Crippen LogP contribution in [0.5, 0.6) is 11.5 Å². The molecular formula is C21H25N3O4. The maximum atomic E-state index is 12.5. The summed E-state index contributed by atoms with van der Waals surface area (Å²) in [5.74, 6) is 1.10. The molecule has 7 heteroatoms. The third kappa shape index (κ3) is 4.03. The van der Waals surface area contributed by atoms with Crippen molar-refractivity contribution in [1.29, 1.82) is 0 Å². The standard InChI is InChI=1S/C21H25N3O4/c1-13-6-5-7-17(14(13)2)23-21(26)22-15-10-20(25)24(12-15)16-8-9-18(27-3)19(11-16)28-4/h5-9,11,15H,10,12H2,1-4H3,(H2,22,23,26)/t15-/m1/s1. The number of nitrogens with zero attached hydrogens (tertiary/aromatic N) is 1. The van der Waals surface area contributed by atoms with Crippen LogP contribution in [0, 0.1) is 13.8 Å². The Morgan fingerprint density at radius 1 is 1.11 bits per heavy atom. The minimum Gasteiger partial charge on any atom is -0.493 e. The quantitative estimate of drug-likeness (QED) is 0.831. The van der Waals surface area contributed by atoms with Gasteiger partial charge in [0.25, 0.3) is 0 Å². The van der Waals surface area contributed by atoms with Crippen molar-refractivity contribution < 1.29 is 19.1 Å². The van der Waals surface area contributed by atoms with Crippen molar-refractivity contribution in [2.75, 3.05) is 31.0 Å². The second-order valence-corrected chi connectivity index (χ2v) is 6.79. The van der Waals surface area contributed by atoms with Gasteiger partial charge in [-0.1, -0.05) is 12.1 Å². The number of hydrogen-bond donors (Lipinski definition) is 2. The van der Waals surface area contributed by atoms with Crippen molar-refractivity contribution in [3.63, 3.8) is 0 Å². The second kappa shape index (κ2) is 8.21. The number of hydrogen-bond acceptors (Lipinski definition) is 4. The normalized spacial score (nSPS) is 16.1. The number of nitrogens with one attached hydrogen (secondary N) is 2. The smallest absolute Gasteiger partial charge is 0.319 e. The van der Waals surface area contributed by atoms with Crippen LogP contribution in [0.3, 0.4) is 0 Å². The van der Waals surface area contributed by atoms with Crippen LogP contribution in [0.4, 0.5) is 16.2 Å². The molecule has 1 heterocycles. The number of rotatable bonds is 5. The zero-order chi connectivity index (χ0) is 20.3. The molecule has 0 radical (unpaired) electrons. The molecule has 3 amide bonds. The number of benzene rings is 2. The molecular weight excluding hydrogens is 358 g/mol. The van der Waals surface area contributed by atoms with Crippen LogP contribution in [-0.4, -0.2) is 38.7 Å². The lowest BCUT2D eigenvalue weighted by Crippen LogP contribution is -2.39. The lowest BCUT2D eigenvalue weighted by atomic mass is 10.1. The average molecular weight is 383 g/mol. The summed E-state index contributed by atoms with van der Waals surface area (Å²) >= 11 is 0. The highest BCUT2D eigenvalue weighted by molar-refractivity contribution is 5.98.